The van der Waals surface area contributed by atoms with Crippen LogP contribution in [0.5, 0.6) is 0 Å². The Kier molecular flexibility index (Phi) is 9.18. The normalized spacial score (nSPS) is 16.6. The Morgan fingerprint density at radius 1 is 0.429 bits per heavy atom. The Morgan fingerprint density at radius 2 is 1.01 bits per heavy atom. The zero-order valence-electron chi connectivity index (χ0n) is 38.4. The van der Waals surface area contributed by atoms with E-state index in [9.17, 15) is 0 Å². The Balaban J connectivity index is 1.01. The van der Waals surface area contributed by atoms with E-state index in [2.05, 4.69) is 241 Å². The maximum atomic E-state index is 7.01. The number of aromatic nitrogens is 2. The van der Waals surface area contributed by atoms with Gasteiger partial charge in [0.05, 0.1) is 39.2 Å². The number of para-hydroxylation sites is 4. The molecule has 0 fully saturated rings. The summed E-state index contributed by atoms with van der Waals surface area (Å²) in [5.74, 6) is 0.699. The number of nitrogens with zero attached hydrogens (tertiary/aromatic N) is 4. The highest BCUT2D eigenvalue weighted by Crippen LogP contribution is 2.43. The number of benzene rings is 10. The lowest BCUT2D eigenvalue weighted by Crippen LogP contribution is -2.17. The van der Waals surface area contributed by atoms with E-state index in [4.69, 9.17) is 14.4 Å². The maximum absolute atomic E-state index is 7.01. The highest BCUT2D eigenvalue weighted by molar-refractivity contribution is 6.19. The van der Waals surface area contributed by atoms with Gasteiger partial charge in [0.25, 0.3) is 0 Å². The number of amidine groups is 1. The molecule has 0 amide bonds. The van der Waals surface area contributed by atoms with Crippen LogP contribution in [0.4, 0.5) is 0 Å². The third-order valence-corrected chi connectivity index (χ3v) is 14.4. The fraction of sp³-hybridized carbons (Fsp3) is 0.0462. The van der Waals surface area contributed by atoms with E-state index in [1.54, 1.807) is 0 Å². The highest BCUT2D eigenvalue weighted by Gasteiger charge is 2.26. The monoisotopic (exact) mass is 896 g/mol. The molecule has 1 aliphatic heterocycles. The molecule has 0 aliphatic carbocycles. The molecular formula is C65H44N4O. The van der Waals surface area contributed by atoms with Crippen molar-refractivity contribution in [2.24, 2.45) is 15.9 Å². The first-order chi connectivity index (χ1) is 34.6. The Hall–Kier alpha value is -9.06. The van der Waals surface area contributed by atoms with Gasteiger partial charge >= 0.3 is 0 Å². The quantitative estimate of drug-likeness (QED) is 0.164. The molecular weight excluding hydrogens is 853 g/mol. The van der Waals surface area contributed by atoms with Crippen LogP contribution in [0.2, 0.25) is 0 Å². The van der Waals surface area contributed by atoms with Gasteiger partial charge in [-0.3, -0.25) is 0 Å². The van der Waals surface area contributed by atoms with Gasteiger partial charge in [0, 0.05) is 55.0 Å². The molecule has 0 saturated heterocycles. The molecule has 0 bridgehead atoms. The van der Waals surface area contributed by atoms with E-state index in [0.29, 0.717) is 5.84 Å². The first kappa shape index (κ1) is 40.0. The van der Waals surface area contributed by atoms with E-state index in [-0.39, 0.29) is 5.92 Å². The maximum Gasteiger partial charge on any atom is 0.160 e. The number of aliphatic imine (C=N–C) groups is 2. The predicted molar refractivity (Wildman–Crippen MR) is 293 cm³/mol. The lowest BCUT2D eigenvalue weighted by atomic mass is 9.92. The van der Waals surface area contributed by atoms with Gasteiger partial charge in [0.1, 0.15) is 5.58 Å². The van der Waals surface area contributed by atoms with E-state index < -0.39 is 0 Å². The van der Waals surface area contributed by atoms with Gasteiger partial charge in [0.15, 0.2) is 11.4 Å². The topological polar surface area (TPSA) is 47.7 Å². The van der Waals surface area contributed by atoms with Crippen molar-refractivity contribution in [2.45, 2.75) is 13.3 Å². The molecule has 5 heteroatoms. The summed E-state index contributed by atoms with van der Waals surface area (Å²) in [7, 11) is 0. The molecule has 0 radical (unpaired) electrons. The standard InChI is InChI=1S/C65H44N4O/c1-41-28-36-56(53-35-34-52-51-24-12-15-27-61(51)70-64(52)63(53)69-58-26-14-11-23-50(58)55-38-45-18-8-9-19-46(45)40-60(55)69)66-65(44-31-29-43(30-32-44)42-16-4-2-5-17-42)67-62(41)47-33-37-59-54(39-47)49-22-10-13-25-57(49)68(59)48-20-6-3-7-21-48/h2-27,29-41H,28H2,1H3/b56-36+,66-65-,67-62+. The van der Waals surface area contributed by atoms with Crippen LogP contribution in [-0.2, 0) is 0 Å². The summed E-state index contributed by atoms with van der Waals surface area (Å²) in [5, 5.41) is 9.31. The van der Waals surface area contributed by atoms with Crippen LogP contribution in [-0.4, -0.2) is 20.7 Å². The zero-order valence-corrected chi connectivity index (χ0v) is 38.4. The van der Waals surface area contributed by atoms with Crippen molar-refractivity contribution in [3.63, 3.8) is 0 Å². The first-order valence-electron chi connectivity index (χ1n) is 24.1. The van der Waals surface area contributed by atoms with Crippen LogP contribution in [0.15, 0.2) is 245 Å². The molecule has 0 N–H and O–H groups in total. The molecule has 330 valence electrons. The van der Waals surface area contributed by atoms with Gasteiger partial charge in [-0.2, -0.15) is 0 Å². The van der Waals surface area contributed by atoms with Crippen molar-refractivity contribution < 1.29 is 4.42 Å². The van der Waals surface area contributed by atoms with Gasteiger partial charge in [0.2, 0.25) is 0 Å². The van der Waals surface area contributed by atoms with Crippen LogP contribution in [0.25, 0.3) is 105 Å². The van der Waals surface area contributed by atoms with Crippen LogP contribution in [0.3, 0.4) is 0 Å². The first-order valence-corrected chi connectivity index (χ1v) is 24.1. The van der Waals surface area contributed by atoms with Gasteiger partial charge in [-0.25, -0.2) is 9.98 Å². The summed E-state index contributed by atoms with van der Waals surface area (Å²) in [6.45, 7) is 2.30. The Morgan fingerprint density at radius 3 is 1.79 bits per heavy atom. The molecule has 3 aromatic heterocycles. The summed E-state index contributed by atoms with van der Waals surface area (Å²) in [6.07, 6.45) is 3.05. The van der Waals surface area contributed by atoms with E-state index in [1.165, 1.54) is 37.8 Å². The smallest absolute Gasteiger partial charge is 0.160 e. The van der Waals surface area contributed by atoms with Crippen molar-refractivity contribution in [3.8, 4) is 22.5 Å². The summed E-state index contributed by atoms with van der Waals surface area (Å²) < 4.78 is 11.8. The summed E-state index contributed by atoms with van der Waals surface area (Å²) in [6, 6.07) is 80.3. The molecule has 0 spiro atoms. The molecule has 0 saturated carbocycles. The molecule has 5 nitrogen and oxygen atoms in total. The van der Waals surface area contributed by atoms with Crippen molar-refractivity contribution in [1.82, 2.24) is 9.13 Å². The Labute approximate surface area is 404 Å². The molecule has 4 heterocycles. The van der Waals surface area contributed by atoms with Gasteiger partial charge in [-0.1, -0.05) is 171 Å². The molecule has 70 heavy (non-hydrogen) atoms. The van der Waals surface area contributed by atoms with Gasteiger partial charge in [-0.05, 0) is 101 Å². The second kappa shape index (κ2) is 16.0. The van der Waals surface area contributed by atoms with E-state index in [0.717, 1.165) is 95.5 Å². The SMILES string of the molecule is CC1C/C=C(c2ccc3c(oc4ccccc43)c2-n2c3ccccc3c3cc4ccccc4cc32)/N=C(c2ccc(-c3ccccc3)cc2)\N=C/1c1ccc2c(c1)c1ccccc1n2-c1ccccc1. The number of hydrogen-bond donors (Lipinski definition) is 0. The van der Waals surface area contributed by atoms with Crippen molar-refractivity contribution in [3.05, 3.63) is 247 Å². The number of furan rings is 1. The highest BCUT2D eigenvalue weighted by atomic mass is 16.3. The van der Waals surface area contributed by atoms with Crippen molar-refractivity contribution in [2.75, 3.05) is 0 Å². The second-order valence-electron chi connectivity index (χ2n) is 18.5. The number of hydrogen-bond acceptors (Lipinski definition) is 3. The minimum atomic E-state index is 0.0435. The predicted octanol–water partition coefficient (Wildman–Crippen LogP) is 16.9. The lowest BCUT2D eigenvalue weighted by Gasteiger charge is -2.20. The summed E-state index contributed by atoms with van der Waals surface area (Å²) >= 11 is 0. The average Bonchev–Trinajstić information content (AvgIpc) is 4.07. The summed E-state index contributed by atoms with van der Waals surface area (Å²) in [5.41, 5.74) is 15.5. The number of fused-ring (bicyclic) bond motifs is 10. The minimum absolute atomic E-state index is 0.0435. The van der Waals surface area contributed by atoms with Crippen LogP contribution < -0.4 is 0 Å². The molecule has 1 aliphatic rings. The number of rotatable bonds is 6. The van der Waals surface area contributed by atoms with Gasteiger partial charge < -0.3 is 13.6 Å². The molecule has 14 rings (SSSR count). The fourth-order valence-electron chi connectivity index (χ4n) is 11.0. The molecule has 13 aromatic rings. The third kappa shape index (κ3) is 6.39. The third-order valence-electron chi connectivity index (χ3n) is 14.4. The molecule has 1 unspecified atom stereocenters. The lowest BCUT2D eigenvalue weighted by molar-refractivity contribution is 0.666. The largest absolute Gasteiger partial charge is 0.454 e. The zero-order chi connectivity index (χ0) is 46.3. The molecule has 1 atom stereocenters. The molecule has 10 aromatic carbocycles. The Bertz CT molecular complexity index is 4320. The second-order valence-corrected chi connectivity index (χ2v) is 18.5. The van der Waals surface area contributed by atoms with Crippen LogP contribution >= 0.6 is 0 Å². The van der Waals surface area contributed by atoms with E-state index in [1.807, 2.05) is 6.07 Å². The summed E-state index contributed by atoms with van der Waals surface area (Å²) in [4.78, 5) is 11.4. The average molecular weight is 897 g/mol. The van der Waals surface area contributed by atoms with Crippen LogP contribution in [0.1, 0.15) is 30.0 Å². The van der Waals surface area contributed by atoms with Gasteiger partial charge in [-0.15, -0.1) is 0 Å². The minimum Gasteiger partial charge on any atom is -0.454 e. The fourth-order valence-corrected chi connectivity index (χ4v) is 11.0. The van der Waals surface area contributed by atoms with Crippen molar-refractivity contribution >= 4 is 93.6 Å². The van der Waals surface area contributed by atoms with E-state index >= 15 is 0 Å². The van der Waals surface area contributed by atoms with Crippen LogP contribution in [0, 0.1) is 5.92 Å². The van der Waals surface area contributed by atoms with Crippen molar-refractivity contribution in [1.29, 1.82) is 0 Å². The number of allylic oxidation sites excluding steroid dienone is 1.